The molecule has 1 aromatic heterocycles. The number of rotatable bonds is 4. The number of nitrogens with one attached hydrogen (secondary N) is 1. The molecule has 1 aliphatic carbocycles. The van der Waals surface area contributed by atoms with Gasteiger partial charge >= 0.3 is 0 Å². The maximum absolute atomic E-state index is 11.8. The van der Waals surface area contributed by atoms with Crippen molar-refractivity contribution in [2.75, 3.05) is 11.9 Å². The Morgan fingerprint density at radius 2 is 2.24 bits per heavy atom. The van der Waals surface area contributed by atoms with E-state index in [9.17, 15) is 4.79 Å². The molecule has 5 nitrogen and oxygen atoms in total. The van der Waals surface area contributed by atoms with Gasteiger partial charge in [-0.25, -0.2) is 4.68 Å². The number of aliphatic hydroxyl groups excluding tert-OH is 1. The third kappa shape index (κ3) is 2.76. The summed E-state index contributed by atoms with van der Waals surface area (Å²) in [7, 11) is 0. The lowest BCUT2D eigenvalue weighted by atomic mass is 10.2. The molecule has 0 saturated carbocycles. The van der Waals surface area contributed by atoms with Crippen LogP contribution < -0.4 is 10.9 Å². The van der Waals surface area contributed by atoms with Crippen LogP contribution >= 0.6 is 15.9 Å². The fourth-order valence-corrected chi connectivity index (χ4v) is 2.20. The number of aliphatic hydroxyl groups is 1. The summed E-state index contributed by atoms with van der Waals surface area (Å²) in [6, 6.07) is 0.334. The molecule has 0 fully saturated rings. The Hall–Kier alpha value is -1.14. The predicted molar refractivity (Wildman–Crippen MR) is 69.1 cm³/mol. The Kier molecular flexibility index (Phi) is 3.96. The predicted octanol–water partition coefficient (Wildman–Crippen LogP) is 1.13. The van der Waals surface area contributed by atoms with E-state index in [2.05, 4.69) is 38.5 Å². The Morgan fingerprint density at radius 3 is 2.88 bits per heavy atom. The first-order chi connectivity index (χ1) is 8.22. The van der Waals surface area contributed by atoms with Crippen molar-refractivity contribution in [1.29, 1.82) is 0 Å². The van der Waals surface area contributed by atoms with Crippen LogP contribution in [0.1, 0.15) is 12.8 Å². The van der Waals surface area contributed by atoms with Crippen molar-refractivity contribution in [3.63, 3.8) is 0 Å². The van der Waals surface area contributed by atoms with Crippen LogP contribution in [-0.2, 0) is 6.54 Å². The Balaban J connectivity index is 2.18. The Labute approximate surface area is 107 Å². The molecule has 2 rings (SSSR count). The average molecular weight is 300 g/mol. The van der Waals surface area contributed by atoms with Gasteiger partial charge in [0.1, 0.15) is 4.47 Å². The molecule has 0 bridgehead atoms. The van der Waals surface area contributed by atoms with Gasteiger partial charge < -0.3 is 10.4 Å². The number of anilines is 1. The van der Waals surface area contributed by atoms with E-state index in [4.69, 9.17) is 5.11 Å². The topological polar surface area (TPSA) is 67.2 Å². The molecular formula is C11H14BrN3O2. The number of aromatic nitrogens is 2. The molecule has 92 valence electrons. The van der Waals surface area contributed by atoms with Crippen molar-refractivity contribution in [2.45, 2.75) is 25.4 Å². The second kappa shape index (κ2) is 5.46. The summed E-state index contributed by atoms with van der Waals surface area (Å²) in [5, 5.41) is 16.1. The van der Waals surface area contributed by atoms with E-state index in [1.165, 1.54) is 4.68 Å². The molecule has 17 heavy (non-hydrogen) atoms. The van der Waals surface area contributed by atoms with Crippen LogP contribution in [0.2, 0.25) is 0 Å². The zero-order valence-corrected chi connectivity index (χ0v) is 10.9. The smallest absolute Gasteiger partial charge is 0.283 e. The quantitative estimate of drug-likeness (QED) is 0.818. The van der Waals surface area contributed by atoms with Crippen LogP contribution in [0.4, 0.5) is 5.69 Å². The van der Waals surface area contributed by atoms with Crippen molar-refractivity contribution < 1.29 is 5.11 Å². The van der Waals surface area contributed by atoms with Gasteiger partial charge in [0.2, 0.25) is 0 Å². The average Bonchev–Trinajstić information content (AvgIpc) is 2.82. The van der Waals surface area contributed by atoms with E-state index in [1.807, 2.05) is 0 Å². The van der Waals surface area contributed by atoms with Gasteiger partial charge in [0, 0.05) is 6.04 Å². The van der Waals surface area contributed by atoms with Gasteiger partial charge in [-0.2, -0.15) is 5.10 Å². The highest BCUT2D eigenvalue weighted by Gasteiger charge is 2.14. The Bertz CT molecular complexity index is 476. The molecule has 0 amide bonds. The summed E-state index contributed by atoms with van der Waals surface area (Å²) in [6.45, 7) is 0.112. The van der Waals surface area contributed by atoms with Gasteiger partial charge in [0.05, 0.1) is 25.0 Å². The molecule has 1 aromatic rings. The molecule has 2 N–H and O–H groups in total. The first-order valence-corrected chi connectivity index (χ1v) is 6.29. The van der Waals surface area contributed by atoms with Crippen LogP contribution in [0, 0.1) is 0 Å². The lowest BCUT2D eigenvalue weighted by molar-refractivity contribution is 0.266. The molecular weight excluding hydrogens is 286 g/mol. The molecule has 0 atom stereocenters. The summed E-state index contributed by atoms with van der Waals surface area (Å²) >= 11 is 3.27. The third-order valence-electron chi connectivity index (χ3n) is 2.66. The standard InChI is InChI=1S/C11H14BrN3O2/c12-10-9(14-8-3-1-2-4-8)7-13-15(5-6-16)11(10)17/h1-2,7-8,14,16H,3-6H2. The Morgan fingerprint density at radius 1 is 1.53 bits per heavy atom. The lowest BCUT2D eigenvalue weighted by Crippen LogP contribution is -2.27. The first-order valence-electron chi connectivity index (χ1n) is 5.50. The van der Waals surface area contributed by atoms with Gasteiger partial charge in [-0.1, -0.05) is 12.2 Å². The van der Waals surface area contributed by atoms with E-state index in [-0.39, 0.29) is 18.7 Å². The normalized spacial score (nSPS) is 15.4. The second-order valence-corrected chi connectivity index (χ2v) is 4.70. The maximum Gasteiger partial charge on any atom is 0.283 e. The highest BCUT2D eigenvalue weighted by atomic mass is 79.9. The summed E-state index contributed by atoms with van der Waals surface area (Å²) in [4.78, 5) is 11.8. The minimum absolute atomic E-state index is 0.0985. The minimum Gasteiger partial charge on any atom is -0.394 e. The molecule has 0 spiro atoms. The van der Waals surface area contributed by atoms with E-state index in [0.717, 1.165) is 12.8 Å². The van der Waals surface area contributed by atoms with Crippen LogP contribution in [0.3, 0.4) is 0 Å². The largest absolute Gasteiger partial charge is 0.394 e. The van der Waals surface area contributed by atoms with Crippen molar-refractivity contribution >= 4 is 21.6 Å². The first kappa shape index (κ1) is 12.3. The van der Waals surface area contributed by atoms with Gasteiger partial charge in [-0.05, 0) is 28.8 Å². The summed E-state index contributed by atoms with van der Waals surface area (Å²) < 4.78 is 1.70. The highest BCUT2D eigenvalue weighted by molar-refractivity contribution is 9.10. The van der Waals surface area contributed by atoms with Crippen LogP contribution in [0.5, 0.6) is 0 Å². The molecule has 1 aliphatic rings. The zero-order chi connectivity index (χ0) is 12.3. The van der Waals surface area contributed by atoms with Gasteiger partial charge in [-0.3, -0.25) is 4.79 Å². The van der Waals surface area contributed by atoms with Gasteiger partial charge in [0.25, 0.3) is 5.56 Å². The molecule has 1 heterocycles. The van der Waals surface area contributed by atoms with Crippen molar-refractivity contribution in [3.05, 3.63) is 33.2 Å². The van der Waals surface area contributed by atoms with Crippen LogP contribution in [0.25, 0.3) is 0 Å². The number of hydrogen-bond acceptors (Lipinski definition) is 4. The van der Waals surface area contributed by atoms with Gasteiger partial charge in [0.15, 0.2) is 0 Å². The van der Waals surface area contributed by atoms with Crippen LogP contribution in [0.15, 0.2) is 27.6 Å². The minimum atomic E-state index is -0.227. The van der Waals surface area contributed by atoms with E-state index < -0.39 is 0 Å². The van der Waals surface area contributed by atoms with E-state index in [0.29, 0.717) is 16.2 Å². The number of nitrogens with zero attached hydrogens (tertiary/aromatic N) is 2. The second-order valence-electron chi connectivity index (χ2n) is 3.91. The molecule has 6 heteroatoms. The molecule has 0 saturated heterocycles. The molecule has 0 radical (unpaired) electrons. The maximum atomic E-state index is 11.8. The zero-order valence-electron chi connectivity index (χ0n) is 9.27. The summed E-state index contributed by atoms with van der Waals surface area (Å²) in [6.07, 6.45) is 7.77. The summed E-state index contributed by atoms with van der Waals surface area (Å²) in [5.74, 6) is 0. The van der Waals surface area contributed by atoms with Crippen molar-refractivity contribution in [1.82, 2.24) is 9.78 Å². The molecule has 0 aromatic carbocycles. The molecule has 0 unspecified atom stereocenters. The van der Waals surface area contributed by atoms with Crippen LogP contribution in [-0.4, -0.2) is 27.5 Å². The monoisotopic (exact) mass is 299 g/mol. The summed E-state index contributed by atoms with van der Waals surface area (Å²) in [5.41, 5.74) is 0.480. The number of hydrogen-bond donors (Lipinski definition) is 2. The fraction of sp³-hybridized carbons (Fsp3) is 0.455. The fourth-order valence-electron chi connectivity index (χ4n) is 1.77. The highest BCUT2D eigenvalue weighted by Crippen LogP contribution is 2.21. The van der Waals surface area contributed by atoms with Crippen molar-refractivity contribution in [2.24, 2.45) is 0 Å². The number of halogens is 1. The van der Waals surface area contributed by atoms with Gasteiger partial charge in [-0.15, -0.1) is 0 Å². The third-order valence-corrected chi connectivity index (χ3v) is 3.43. The van der Waals surface area contributed by atoms with E-state index in [1.54, 1.807) is 6.20 Å². The van der Waals surface area contributed by atoms with E-state index >= 15 is 0 Å². The molecule has 0 aliphatic heterocycles. The van der Waals surface area contributed by atoms with Crippen molar-refractivity contribution in [3.8, 4) is 0 Å². The SMILES string of the molecule is O=c1c(Br)c(NC2CC=CC2)cnn1CCO. The lowest BCUT2D eigenvalue weighted by Gasteiger charge is -2.15.